The van der Waals surface area contributed by atoms with Gasteiger partial charge in [0.05, 0.1) is 5.56 Å². The molecule has 234 valence electrons. The quantitative estimate of drug-likeness (QED) is 0.0893. The number of ether oxygens (including phenoxy) is 1. The molecule has 0 spiro atoms. The highest BCUT2D eigenvalue weighted by atomic mass is 19.4. The lowest BCUT2D eigenvalue weighted by Gasteiger charge is -2.18. The summed E-state index contributed by atoms with van der Waals surface area (Å²) >= 11 is 0. The second-order valence-electron chi connectivity index (χ2n) is 11.2. The fourth-order valence-corrected chi connectivity index (χ4v) is 5.44. The van der Waals surface area contributed by atoms with Crippen LogP contribution < -0.4 is 10.4 Å². The van der Waals surface area contributed by atoms with Gasteiger partial charge in [0, 0.05) is 22.4 Å². The molecule has 0 bridgehead atoms. The number of benzene rings is 2. The average molecular weight is 601 g/mol. The summed E-state index contributed by atoms with van der Waals surface area (Å²) < 4.78 is 49.8. The third-order valence-corrected chi connectivity index (χ3v) is 7.83. The van der Waals surface area contributed by atoms with Crippen LogP contribution in [-0.2, 0) is 11.2 Å². The number of hydrogen-bond acceptors (Lipinski definition) is 4. The van der Waals surface area contributed by atoms with E-state index in [9.17, 15) is 27.9 Å². The molecule has 3 rings (SSSR count). The number of rotatable bonds is 18. The minimum absolute atomic E-state index is 0.0110. The Morgan fingerprint density at radius 1 is 0.884 bits per heavy atom. The Kier molecular flexibility index (Phi) is 12.9. The van der Waals surface area contributed by atoms with E-state index in [2.05, 4.69) is 18.2 Å². The van der Waals surface area contributed by atoms with Gasteiger partial charge in [0.2, 0.25) is 0 Å². The van der Waals surface area contributed by atoms with E-state index in [1.165, 1.54) is 43.9 Å². The lowest BCUT2D eigenvalue weighted by molar-refractivity contribution is -0.274. The Bertz CT molecular complexity index is 1420. The van der Waals surface area contributed by atoms with Gasteiger partial charge < -0.3 is 14.3 Å². The molecule has 1 atom stereocenters. The molecule has 0 aliphatic rings. The number of carboxylic acids is 1. The molecule has 1 aromatic heterocycles. The minimum Gasteiger partial charge on any atom is -0.478 e. The number of carbonyl (C=O) groups is 1. The van der Waals surface area contributed by atoms with Crippen LogP contribution in [-0.4, -0.2) is 17.4 Å². The SMILES string of the molecule is C=C(C(=O)O)C(CCCCCCCCCC)c1ccc2cc(-c3ccc(CCCCC)cc3OC(F)(F)F)c(=O)oc2c1. The highest BCUT2D eigenvalue weighted by molar-refractivity contribution is 5.88. The maximum Gasteiger partial charge on any atom is 0.573 e. The maximum atomic E-state index is 13.3. The molecule has 1 unspecified atom stereocenters. The number of alkyl halides is 3. The molecule has 1 N–H and O–H groups in total. The van der Waals surface area contributed by atoms with E-state index in [0.29, 0.717) is 29.4 Å². The first-order valence-electron chi connectivity index (χ1n) is 15.4. The first-order valence-corrected chi connectivity index (χ1v) is 15.4. The Morgan fingerprint density at radius 3 is 2.19 bits per heavy atom. The van der Waals surface area contributed by atoms with Gasteiger partial charge in [0.15, 0.2) is 0 Å². The molecule has 0 saturated carbocycles. The standard InChI is InChI=1S/C35H43F3O5/c1-4-6-8-9-10-11-12-14-16-28(24(3)33(39)40)26-18-19-27-22-30(34(41)42-31(27)23-26)29-20-17-25(15-13-7-5-2)21-32(29)43-35(36,37)38/h17-23,28H,3-16H2,1-2H3,(H,39,40). The van der Waals surface area contributed by atoms with Crippen LogP contribution in [0.25, 0.3) is 22.1 Å². The number of aryl methyl sites for hydroxylation is 1. The van der Waals surface area contributed by atoms with Crippen molar-refractivity contribution in [1.29, 1.82) is 0 Å². The van der Waals surface area contributed by atoms with Gasteiger partial charge in [-0.25, -0.2) is 9.59 Å². The highest BCUT2D eigenvalue weighted by Gasteiger charge is 2.33. The zero-order chi connectivity index (χ0) is 31.4. The minimum atomic E-state index is -4.93. The lowest BCUT2D eigenvalue weighted by Crippen LogP contribution is -2.18. The monoisotopic (exact) mass is 600 g/mol. The predicted molar refractivity (Wildman–Crippen MR) is 165 cm³/mol. The predicted octanol–water partition coefficient (Wildman–Crippen LogP) is 10.3. The molecule has 5 nitrogen and oxygen atoms in total. The largest absolute Gasteiger partial charge is 0.573 e. The van der Waals surface area contributed by atoms with Gasteiger partial charge in [0.25, 0.3) is 0 Å². The second kappa shape index (κ2) is 16.3. The number of halogens is 3. The van der Waals surface area contributed by atoms with Crippen LogP contribution in [0.3, 0.4) is 0 Å². The van der Waals surface area contributed by atoms with E-state index >= 15 is 0 Å². The lowest BCUT2D eigenvalue weighted by atomic mass is 9.86. The zero-order valence-electron chi connectivity index (χ0n) is 25.2. The van der Waals surface area contributed by atoms with Crippen molar-refractivity contribution in [3.63, 3.8) is 0 Å². The number of fused-ring (bicyclic) bond motifs is 1. The van der Waals surface area contributed by atoms with E-state index in [-0.39, 0.29) is 22.3 Å². The Hall–Kier alpha value is -3.55. The van der Waals surface area contributed by atoms with Gasteiger partial charge in [-0.1, -0.05) is 109 Å². The van der Waals surface area contributed by atoms with Crippen molar-refractivity contribution in [2.45, 2.75) is 110 Å². The van der Waals surface area contributed by atoms with Crippen molar-refractivity contribution in [2.75, 3.05) is 0 Å². The van der Waals surface area contributed by atoms with Crippen molar-refractivity contribution in [2.24, 2.45) is 0 Å². The van der Waals surface area contributed by atoms with Crippen molar-refractivity contribution >= 4 is 16.9 Å². The number of hydrogen-bond donors (Lipinski definition) is 1. The summed E-state index contributed by atoms with van der Waals surface area (Å²) in [5.41, 5.74) is 0.762. The van der Waals surface area contributed by atoms with Crippen LogP contribution >= 0.6 is 0 Å². The van der Waals surface area contributed by atoms with Crippen molar-refractivity contribution in [3.05, 3.63) is 76.2 Å². The fourth-order valence-electron chi connectivity index (χ4n) is 5.44. The molecule has 0 aliphatic heterocycles. The maximum absolute atomic E-state index is 13.3. The molecule has 0 amide bonds. The average Bonchev–Trinajstić information content (AvgIpc) is 2.95. The number of carboxylic acid groups (broad SMARTS) is 1. The summed E-state index contributed by atoms with van der Waals surface area (Å²) in [4.78, 5) is 24.9. The number of aliphatic carboxylic acids is 1. The van der Waals surface area contributed by atoms with Gasteiger partial charge >= 0.3 is 18.0 Å². The summed E-state index contributed by atoms with van der Waals surface area (Å²) in [5, 5.41) is 10.2. The molecular formula is C35H43F3O5. The Labute approximate surface area is 251 Å². The molecule has 8 heteroatoms. The molecular weight excluding hydrogens is 557 g/mol. The highest BCUT2D eigenvalue weighted by Crippen LogP contribution is 2.36. The Balaban J connectivity index is 1.88. The van der Waals surface area contributed by atoms with E-state index < -0.39 is 29.6 Å². The fraction of sp³-hybridized carbons (Fsp3) is 0.486. The van der Waals surface area contributed by atoms with E-state index in [4.69, 9.17) is 4.42 Å². The zero-order valence-corrected chi connectivity index (χ0v) is 25.2. The first-order chi connectivity index (χ1) is 20.5. The molecule has 0 saturated heterocycles. The van der Waals surface area contributed by atoms with E-state index in [1.807, 2.05) is 6.92 Å². The summed E-state index contributed by atoms with van der Waals surface area (Å²) in [6, 6.07) is 11.1. The number of unbranched alkanes of at least 4 members (excludes halogenated alkanes) is 9. The van der Waals surface area contributed by atoms with Crippen LogP contribution in [0, 0.1) is 0 Å². The molecule has 3 aromatic rings. The molecule has 43 heavy (non-hydrogen) atoms. The molecule has 0 fully saturated rings. The summed E-state index contributed by atoms with van der Waals surface area (Å²) in [6.45, 7) is 8.03. The van der Waals surface area contributed by atoms with Gasteiger partial charge in [-0.15, -0.1) is 13.2 Å². The third-order valence-electron chi connectivity index (χ3n) is 7.83. The molecule has 0 aliphatic carbocycles. The van der Waals surface area contributed by atoms with Gasteiger partial charge in [-0.2, -0.15) is 0 Å². The van der Waals surface area contributed by atoms with Gasteiger partial charge in [-0.3, -0.25) is 0 Å². The van der Waals surface area contributed by atoms with E-state index in [1.54, 1.807) is 24.3 Å². The van der Waals surface area contributed by atoms with Crippen LogP contribution in [0.4, 0.5) is 13.2 Å². The second-order valence-corrected chi connectivity index (χ2v) is 11.2. The first kappa shape index (κ1) is 33.9. The van der Waals surface area contributed by atoms with Crippen molar-refractivity contribution < 1.29 is 32.2 Å². The van der Waals surface area contributed by atoms with Gasteiger partial charge in [-0.05, 0) is 48.6 Å². The molecule has 2 aromatic carbocycles. The van der Waals surface area contributed by atoms with Crippen LogP contribution in [0.15, 0.2) is 63.8 Å². The molecule has 1 heterocycles. The van der Waals surface area contributed by atoms with Crippen LogP contribution in [0.2, 0.25) is 0 Å². The summed E-state index contributed by atoms with van der Waals surface area (Å²) in [5.74, 6) is -2.00. The Morgan fingerprint density at radius 2 is 1.53 bits per heavy atom. The molecule has 0 radical (unpaired) electrons. The van der Waals surface area contributed by atoms with Gasteiger partial charge in [0.1, 0.15) is 11.3 Å². The normalized spacial score (nSPS) is 12.4. The van der Waals surface area contributed by atoms with Crippen LogP contribution in [0.5, 0.6) is 5.75 Å². The topological polar surface area (TPSA) is 76.7 Å². The van der Waals surface area contributed by atoms with Crippen molar-refractivity contribution in [3.8, 4) is 16.9 Å². The summed E-state index contributed by atoms with van der Waals surface area (Å²) in [7, 11) is 0. The third kappa shape index (κ3) is 10.3. The van der Waals surface area contributed by atoms with Crippen LogP contribution in [0.1, 0.15) is 108 Å². The summed E-state index contributed by atoms with van der Waals surface area (Å²) in [6.07, 6.45) is 7.98. The van der Waals surface area contributed by atoms with Crippen molar-refractivity contribution in [1.82, 2.24) is 0 Å². The van der Waals surface area contributed by atoms with E-state index in [0.717, 1.165) is 44.9 Å². The smallest absolute Gasteiger partial charge is 0.478 e.